The van der Waals surface area contributed by atoms with Crippen LogP contribution in [0, 0.1) is 0 Å². The second kappa shape index (κ2) is 10.4. The molecule has 1 aliphatic heterocycles. The number of ether oxygens (including phenoxy) is 1. The number of rotatable bonds is 6. The molecule has 2 aromatic carbocycles. The molecule has 8 nitrogen and oxygen atoms in total. The predicted molar refractivity (Wildman–Crippen MR) is 134 cm³/mol. The lowest BCUT2D eigenvalue weighted by atomic mass is 10.1. The predicted octanol–water partition coefficient (Wildman–Crippen LogP) is 4.33. The van der Waals surface area contributed by atoms with Crippen molar-refractivity contribution in [3.05, 3.63) is 77.3 Å². The number of pyridine rings is 1. The summed E-state index contributed by atoms with van der Waals surface area (Å²) in [6.45, 7) is 3.20. The van der Waals surface area contributed by atoms with Crippen LogP contribution in [0.2, 0.25) is 0 Å². The van der Waals surface area contributed by atoms with Crippen LogP contribution < -0.4 is 10.5 Å². The Morgan fingerprint density at radius 2 is 1.76 bits per heavy atom. The number of methoxy groups -OCH3 is 1. The van der Waals surface area contributed by atoms with Crippen molar-refractivity contribution in [1.82, 2.24) is 19.8 Å². The summed E-state index contributed by atoms with van der Waals surface area (Å²) in [5, 5.41) is 0.343. The zero-order chi connectivity index (χ0) is 26.9. The highest BCUT2D eigenvalue weighted by molar-refractivity contribution is 5.98. The number of carbonyl (C=O) groups excluding carboxylic acids is 1. The van der Waals surface area contributed by atoms with Crippen molar-refractivity contribution < 1.29 is 27.1 Å². The summed E-state index contributed by atoms with van der Waals surface area (Å²) >= 11 is 0. The lowest BCUT2D eigenvalue weighted by molar-refractivity contribution is -0.140. The van der Waals surface area contributed by atoms with Crippen LogP contribution in [0.1, 0.15) is 27.5 Å². The molecule has 1 aliphatic rings. The van der Waals surface area contributed by atoms with Gasteiger partial charge in [-0.1, -0.05) is 30.3 Å². The van der Waals surface area contributed by atoms with Crippen molar-refractivity contribution in [3.63, 3.8) is 0 Å². The van der Waals surface area contributed by atoms with Gasteiger partial charge in [0.2, 0.25) is 5.89 Å². The lowest BCUT2D eigenvalue weighted by Crippen LogP contribution is -2.48. The number of hydrogen-bond acceptors (Lipinski definition) is 7. The van der Waals surface area contributed by atoms with Crippen molar-refractivity contribution >= 4 is 16.8 Å². The average Bonchev–Trinajstić information content (AvgIpc) is 3.36. The monoisotopic (exact) mass is 525 g/mol. The summed E-state index contributed by atoms with van der Waals surface area (Å²) in [7, 11) is 1.35. The van der Waals surface area contributed by atoms with Crippen molar-refractivity contribution in [2.75, 3.05) is 33.3 Å². The molecule has 5 rings (SSSR count). The molecule has 3 heterocycles. The van der Waals surface area contributed by atoms with Gasteiger partial charge in [0.1, 0.15) is 17.0 Å². The molecule has 0 atom stereocenters. The molecule has 0 spiro atoms. The van der Waals surface area contributed by atoms with Gasteiger partial charge in [0.05, 0.1) is 13.7 Å². The molecule has 4 aromatic rings. The fourth-order valence-electron chi connectivity index (χ4n) is 4.57. The molecule has 11 heteroatoms. The van der Waals surface area contributed by atoms with E-state index in [2.05, 4.69) is 27.0 Å². The van der Waals surface area contributed by atoms with E-state index in [4.69, 9.17) is 14.9 Å². The van der Waals surface area contributed by atoms with Gasteiger partial charge in [-0.05, 0) is 29.8 Å². The van der Waals surface area contributed by atoms with Crippen LogP contribution in [0.15, 0.2) is 59.0 Å². The normalized spacial score (nSPS) is 14.7. The summed E-state index contributed by atoms with van der Waals surface area (Å²) < 4.78 is 50.9. The SMILES string of the molecule is COc1ccc(-c2nc(C(=O)N3CCN(Cc4ccccc4)CC3)c(CN)o2)c2ccc(C(F)(F)F)nc12. The number of nitrogens with two attached hydrogens (primary N) is 1. The molecule has 38 heavy (non-hydrogen) atoms. The number of piperazine rings is 1. The first kappa shape index (κ1) is 25.7. The molecule has 1 saturated heterocycles. The molecule has 0 aliphatic carbocycles. The summed E-state index contributed by atoms with van der Waals surface area (Å²) in [5.74, 6) is 0.159. The number of oxazole rings is 1. The van der Waals surface area contributed by atoms with E-state index in [1.807, 2.05) is 18.2 Å². The Morgan fingerprint density at radius 1 is 1.03 bits per heavy atom. The number of benzene rings is 2. The van der Waals surface area contributed by atoms with Gasteiger partial charge >= 0.3 is 6.18 Å². The zero-order valence-corrected chi connectivity index (χ0v) is 20.7. The van der Waals surface area contributed by atoms with E-state index in [9.17, 15) is 18.0 Å². The molecule has 1 amide bonds. The van der Waals surface area contributed by atoms with Gasteiger partial charge in [0.15, 0.2) is 11.5 Å². The Balaban J connectivity index is 1.40. The van der Waals surface area contributed by atoms with Crippen LogP contribution in [0.5, 0.6) is 5.75 Å². The molecular weight excluding hydrogens is 499 g/mol. The minimum Gasteiger partial charge on any atom is -0.494 e. The second-order valence-electron chi connectivity index (χ2n) is 8.95. The molecular formula is C27H26F3N5O3. The average molecular weight is 526 g/mol. The first-order valence-electron chi connectivity index (χ1n) is 12.1. The highest BCUT2D eigenvalue weighted by atomic mass is 19.4. The molecule has 0 radical (unpaired) electrons. The van der Waals surface area contributed by atoms with Gasteiger partial charge in [-0.25, -0.2) is 9.97 Å². The van der Waals surface area contributed by atoms with Gasteiger partial charge in [-0.15, -0.1) is 0 Å². The quantitative estimate of drug-likeness (QED) is 0.400. The number of nitrogens with zero attached hydrogens (tertiary/aromatic N) is 4. The molecule has 0 bridgehead atoms. The number of amides is 1. The number of halogens is 3. The van der Waals surface area contributed by atoms with E-state index >= 15 is 0 Å². The van der Waals surface area contributed by atoms with Gasteiger partial charge < -0.3 is 19.8 Å². The van der Waals surface area contributed by atoms with E-state index in [0.29, 0.717) is 37.1 Å². The molecule has 2 aromatic heterocycles. The Labute approximate surface area is 216 Å². The van der Waals surface area contributed by atoms with E-state index in [-0.39, 0.29) is 41.1 Å². The van der Waals surface area contributed by atoms with Gasteiger partial charge in [0.25, 0.3) is 5.91 Å². The second-order valence-corrected chi connectivity index (χ2v) is 8.95. The molecule has 0 saturated carbocycles. The number of fused-ring (bicyclic) bond motifs is 1. The summed E-state index contributed by atoms with van der Waals surface area (Å²) in [6.07, 6.45) is -4.62. The van der Waals surface area contributed by atoms with Crippen molar-refractivity contribution in [2.45, 2.75) is 19.3 Å². The third-order valence-electron chi connectivity index (χ3n) is 6.55. The number of aromatic nitrogens is 2. The van der Waals surface area contributed by atoms with Gasteiger partial charge in [-0.2, -0.15) is 13.2 Å². The van der Waals surface area contributed by atoms with Crippen LogP contribution in [0.25, 0.3) is 22.4 Å². The minimum atomic E-state index is -4.62. The molecule has 1 fully saturated rings. The van der Waals surface area contributed by atoms with Gasteiger partial charge in [-0.3, -0.25) is 9.69 Å². The summed E-state index contributed by atoms with van der Waals surface area (Å²) in [5.41, 5.74) is 6.53. The number of alkyl halides is 3. The van der Waals surface area contributed by atoms with Gasteiger partial charge in [0, 0.05) is 43.7 Å². The largest absolute Gasteiger partial charge is 0.494 e. The third-order valence-corrected chi connectivity index (χ3v) is 6.55. The Bertz CT molecular complexity index is 1450. The number of carbonyl (C=O) groups is 1. The van der Waals surface area contributed by atoms with Crippen LogP contribution in [0.4, 0.5) is 13.2 Å². The molecule has 2 N–H and O–H groups in total. The molecule has 0 unspecified atom stereocenters. The standard InChI is InChI=1S/C27H26F3N5O3/c1-37-20-9-7-19(18-8-10-22(27(28,29)30)32-23(18)20)25-33-24(21(15-31)38-25)26(36)35-13-11-34(12-14-35)16-17-5-3-2-4-6-17/h2-10H,11-16,31H2,1H3. The first-order valence-corrected chi connectivity index (χ1v) is 12.1. The van der Waals surface area contributed by atoms with Crippen LogP contribution in [0.3, 0.4) is 0 Å². The zero-order valence-electron chi connectivity index (χ0n) is 20.7. The highest BCUT2D eigenvalue weighted by Gasteiger charge is 2.33. The smallest absolute Gasteiger partial charge is 0.433 e. The fraction of sp³-hybridized carbons (Fsp3) is 0.296. The van der Waals surface area contributed by atoms with Crippen LogP contribution in [-0.2, 0) is 19.3 Å². The highest BCUT2D eigenvalue weighted by Crippen LogP contribution is 2.37. The van der Waals surface area contributed by atoms with E-state index in [1.54, 1.807) is 11.0 Å². The Kier molecular flexibility index (Phi) is 7.04. The van der Waals surface area contributed by atoms with E-state index in [1.165, 1.54) is 24.8 Å². The minimum absolute atomic E-state index is 0.00902. The van der Waals surface area contributed by atoms with E-state index < -0.39 is 11.9 Å². The Morgan fingerprint density at radius 3 is 2.42 bits per heavy atom. The van der Waals surface area contributed by atoms with Crippen LogP contribution in [-0.4, -0.2) is 59.0 Å². The maximum atomic E-state index is 13.4. The Hall–Kier alpha value is -3.96. The topological polar surface area (TPSA) is 97.7 Å². The fourth-order valence-corrected chi connectivity index (χ4v) is 4.57. The summed E-state index contributed by atoms with van der Waals surface area (Å²) in [4.78, 5) is 25.6. The maximum Gasteiger partial charge on any atom is 0.433 e. The maximum absolute atomic E-state index is 13.4. The van der Waals surface area contributed by atoms with E-state index in [0.717, 1.165) is 12.6 Å². The van der Waals surface area contributed by atoms with Crippen LogP contribution >= 0.6 is 0 Å². The van der Waals surface area contributed by atoms with Crippen molar-refractivity contribution in [3.8, 4) is 17.2 Å². The third kappa shape index (κ3) is 5.07. The van der Waals surface area contributed by atoms with Crippen molar-refractivity contribution in [1.29, 1.82) is 0 Å². The molecule has 198 valence electrons. The van der Waals surface area contributed by atoms with Crippen molar-refractivity contribution in [2.24, 2.45) is 5.73 Å². The summed E-state index contributed by atoms with van der Waals surface area (Å²) in [6, 6.07) is 15.4. The number of hydrogen-bond donors (Lipinski definition) is 1. The lowest BCUT2D eigenvalue weighted by Gasteiger charge is -2.34. The first-order chi connectivity index (χ1) is 18.3.